The van der Waals surface area contributed by atoms with E-state index in [9.17, 15) is 5.11 Å². The van der Waals surface area contributed by atoms with Gasteiger partial charge in [-0.1, -0.05) is 6.42 Å². The quantitative estimate of drug-likeness (QED) is 0.898. The molecule has 2 atom stereocenters. The highest BCUT2D eigenvalue weighted by Gasteiger charge is 2.25. The summed E-state index contributed by atoms with van der Waals surface area (Å²) in [5.74, 6) is 1.69. The van der Waals surface area contributed by atoms with Crippen LogP contribution in [0.5, 0.6) is 0 Å². The van der Waals surface area contributed by atoms with E-state index in [-0.39, 0.29) is 0 Å². The summed E-state index contributed by atoms with van der Waals surface area (Å²) in [5.41, 5.74) is 1.32. The van der Waals surface area contributed by atoms with Crippen molar-refractivity contribution in [3.8, 4) is 0 Å². The Morgan fingerprint density at radius 3 is 3.00 bits per heavy atom. The standard InChI is InChI=1S/C15H25N3O/c1-17-6-3-2-4-13(17)9-15-16-10-14-8-12(11-19)5-7-18(14)15/h10,12-13,19H,2-9,11H2,1H3. The summed E-state index contributed by atoms with van der Waals surface area (Å²) in [5, 5.41) is 9.28. The molecule has 1 N–H and O–H groups in total. The average Bonchev–Trinajstić information content (AvgIpc) is 2.83. The first-order valence-corrected chi connectivity index (χ1v) is 7.62. The van der Waals surface area contributed by atoms with Crippen LogP contribution in [0, 0.1) is 5.92 Å². The Labute approximate surface area is 115 Å². The fraction of sp³-hybridized carbons (Fsp3) is 0.800. The highest BCUT2D eigenvalue weighted by atomic mass is 16.3. The molecule has 0 radical (unpaired) electrons. The number of nitrogens with zero attached hydrogens (tertiary/aromatic N) is 3. The minimum absolute atomic E-state index is 0.311. The van der Waals surface area contributed by atoms with Gasteiger partial charge in [-0.2, -0.15) is 0 Å². The van der Waals surface area contributed by atoms with E-state index in [4.69, 9.17) is 0 Å². The molecule has 2 aliphatic rings. The van der Waals surface area contributed by atoms with Crippen molar-refractivity contribution < 1.29 is 5.11 Å². The molecule has 4 nitrogen and oxygen atoms in total. The number of likely N-dealkylation sites (tertiary alicyclic amines) is 1. The van der Waals surface area contributed by atoms with Gasteiger partial charge in [-0.3, -0.25) is 0 Å². The lowest BCUT2D eigenvalue weighted by Gasteiger charge is -2.32. The SMILES string of the molecule is CN1CCCCC1Cc1ncc2n1CCC(CO)C2. The Morgan fingerprint density at radius 1 is 1.32 bits per heavy atom. The topological polar surface area (TPSA) is 41.3 Å². The fourth-order valence-corrected chi connectivity index (χ4v) is 3.53. The van der Waals surface area contributed by atoms with Crippen LogP contribution in [0.3, 0.4) is 0 Å². The number of aromatic nitrogens is 2. The van der Waals surface area contributed by atoms with Crippen molar-refractivity contribution in [2.45, 2.75) is 51.1 Å². The maximum Gasteiger partial charge on any atom is 0.110 e. The van der Waals surface area contributed by atoms with Crippen LogP contribution in [-0.2, 0) is 19.4 Å². The van der Waals surface area contributed by atoms with E-state index in [0.717, 1.165) is 25.8 Å². The lowest BCUT2D eigenvalue weighted by molar-refractivity contribution is 0.178. The molecule has 1 aromatic heterocycles. The van der Waals surface area contributed by atoms with Crippen molar-refractivity contribution in [2.24, 2.45) is 5.92 Å². The first-order valence-electron chi connectivity index (χ1n) is 7.62. The number of aliphatic hydroxyl groups is 1. The molecule has 106 valence electrons. The van der Waals surface area contributed by atoms with Gasteiger partial charge in [0, 0.05) is 37.5 Å². The summed E-state index contributed by atoms with van der Waals surface area (Å²) in [6, 6.07) is 0.663. The second-order valence-corrected chi connectivity index (χ2v) is 6.19. The minimum Gasteiger partial charge on any atom is -0.396 e. The Bertz CT molecular complexity index is 429. The summed E-state index contributed by atoms with van der Waals surface area (Å²) in [6.45, 7) is 2.57. The van der Waals surface area contributed by atoms with Crippen LogP contribution in [0.4, 0.5) is 0 Å². The number of hydrogen-bond acceptors (Lipinski definition) is 3. The van der Waals surface area contributed by atoms with Crippen LogP contribution in [0.1, 0.15) is 37.2 Å². The molecule has 0 aliphatic carbocycles. The van der Waals surface area contributed by atoms with Crippen molar-refractivity contribution >= 4 is 0 Å². The number of rotatable bonds is 3. The predicted molar refractivity (Wildman–Crippen MR) is 75.1 cm³/mol. The third-order valence-corrected chi connectivity index (χ3v) is 4.88. The van der Waals surface area contributed by atoms with Crippen LogP contribution < -0.4 is 0 Å². The first-order chi connectivity index (χ1) is 9.28. The monoisotopic (exact) mass is 263 g/mol. The summed E-state index contributed by atoms with van der Waals surface area (Å²) in [6.07, 6.45) is 9.19. The highest BCUT2D eigenvalue weighted by Crippen LogP contribution is 2.24. The molecule has 1 aromatic rings. The van der Waals surface area contributed by atoms with Gasteiger partial charge in [-0.15, -0.1) is 0 Å². The smallest absolute Gasteiger partial charge is 0.110 e. The van der Waals surface area contributed by atoms with Crippen molar-refractivity contribution in [3.63, 3.8) is 0 Å². The van der Waals surface area contributed by atoms with Crippen LogP contribution >= 0.6 is 0 Å². The summed E-state index contributed by atoms with van der Waals surface area (Å²) in [4.78, 5) is 7.14. The Morgan fingerprint density at radius 2 is 2.21 bits per heavy atom. The molecule has 1 saturated heterocycles. The third-order valence-electron chi connectivity index (χ3n) is 4.88. The van der Waals surface area contributed by atoms with Gasteiger partial charge in [0.05, 0.1) is 0 Å². The van der Waals surface area contributed by atoms with Crippen molar-refractivity contribution in [2.75, 3.05) is 20.2 Å². The number of likely N-dealkylation sites (N-methyl/N-ethyl adjacent to an activating group) is 1. The van der Waals surface area contributed by atoms with E-state index in [2.05, 4.69) is 21.5 Å². The van der Waals surface area contributed by atoms with Gasteiger partial charge in [-0.05, 0) is 45.2 Å². The van der Waals surface area contributed by atoms with Crippen molar-refractivity contribution in [1.29, 1.82) is 0 Å². The maximum atomic E-state index is 9.28. The molecule has 0 amide bonds. The molecule has 19 heavy (non-hydrogen) atoms. The molecule has 0 bridgehead atoms. The van der Waals surface area contributed by atoms with Gasteiger partial charge in [0.25, 0.3) is 0 Å². The first kappa shape index (κ1) is 13.1. The number of hydrogen-bond donors (Lipinski definition) is 1. The van der Waals surface area contributed by atoms with Crippen LogP contribution in [0.2, 0.25) is 0 Å². The van der Waals surface area contributed by atoms with Gasteiger partial charge in [0.15, 0.2) is 0 Å². The summed E-state index contributed by atoms with van der Waals surface area (Å²) >= 11 is 0. The second kappa shape index (κ2) is 5.63. The van der Waals surface area contributed by atoms with E-state index >= 15 is 0 Å². The van der Waals surface area contributed by atoms with Gasteiger partial charge >= 0.3 is 0 Å². The van der Waals surface area contributed by atoms with Crippen molar-refractivity contribution in [1.82, 2.24) is 14.5 Å². The second-order valence-electron chi connectivity index (χ2n) is 6.19. The Hall–Kier alpha value is -0.870. The normalized spacial score (nSPS) is 28.3. The average molecular weight is 263 g/mol. The van der Waals surface area contributed by atoms with Gasteiger partial charge < -0.3 is 14.6 Å². The molecular weight excluding hydrogens is 238 g/mol. The predicted octanol–water partition coefficient (Wildman–Crippen LogP) is 1.46. The lowest BCUT2D eigenvalue weighted by Crippen LogP contribution is -2.38. The third kappa shape index (κ3) is 2.70. The zero-order chi connectivity index (χ0) is 13.2. The minimum atomic E-state index is 0.311. The highest BCUT2D eigenvalue weighted by molar-refractivity contribution is 5.10. The number of piperidine rings is 1. The zero-order valence-electron chi connectivity index (χ0n) is 11.9. The van der Waals surface area contributed by atoms with E-state index in [1.54, 1.807) is 0 Å². The fourth-order valence-electron chi connectivity index (χ4n) is 3.53. The molecule has 2 aliphatic heterocycles. The number of imidazole rings is 1. The Balaban J connectivity index is 1.71. The molecular formula is C15H25N3O. The molecule has 3 heterocycles. The molecule has 4 heteroatoms. The van der Waals surface area contributed by atoms with E-state index in [0.29, 0.717) is 18.6 Å². The number of aliphatic hydroxyl groups excluding tert-OH is 1. The van der Waals surface area contributed by atoms with Crippen LogP contribution in [0.25, 0.3) is 0 Å². The van der Waals surface area contributed by atoms with E-state index in [1.807, 2.05) is 6.20 Å². The van der Waals surface area contributed by atoms with Crippen LogP contribution in [0.15, 0.2) is 6.20 Å². The molecule has 0 spiro atoms. The van der Waals surface area contributed by atoms with E-state index < -0.39 is 0 Å². The summed E-state index contributed by atoms with van der Waals surface area (Å²) < 4.78 is 2.40. The zero-order valence-corrected chi connectivity index (χ0v) is 11.9. The maximum absolute atomic E-state index is 9.28. The molecule has 3 rings (SSSR count). The van der Waals surface area contributed by atoms with E-state index in [1.165, 1.54) is 37.3 Å². The lowest BCUT2D eigenvalue weighted by atomic mass is 9.96. The van der Waals surface area contributed by atoms with Gasteiger partial charge in [-0.25, -0.2) is 4.98 Å². The van der Waals surface area contributed by atoms with Crippen molar-refractivity contribution in [3.05, 3.63) is 17.7 Å². The van der Waals surface area contributed by atoms with Gasteiger partial charge in [0.1, 0.15) is 5.82 Å². The van der Waals surface area contributed by atoms with Gasteiger partial charge in [0.2, 0.25) is 0 Å². The largest absolute Gasteiger partial charge is 0.396 e. The molecule has 0 saturated carbocycles. The molecule has 0 aromatic carbocycles. The number of fused-ring (bicyclic) bond motifs is 1. The van der Waals surface area contributed by atoms with Crippen LogP contribution in [-0.4, -0.2) is 45.8 Å². The molecule has 1 fully saturated rings. The Kier molecular flexibility index (Phi) is 3.89. The molecule has 2 unspecified atom stereocenters. The summed E-state index contributed by atoms with van der Waals surface area (Å²) in [7, 11) is 2.24.